The molecule has 1 aromatic rings. The number of anilines is 1. The standard InChI is InChI=1S/C17H26N2/c18-15-10-8-14(9-11-15)16-6-2-3-7-17(16)19-12-4-1-5-13-19/h8-11,16-17H,1-7,12-13,18H2/t16-,17+/m0/s1. The first-order valence-corrected chi connectivity index (χ1v) is 7.94. The molecule has 0 radical (unpaired) electrons. The zero-order valence-electron chi connectivity index (χ0n) is 11.9. The number of rotatable bonds is 2. The maximum absolute atomic E-state index is 5.82. The monoisotopic (exact) mass is 258 g/mol. The van der Waals surface area contributed by atoms with Gasteiger partial charge < -0.3 is 5.73 Å². The van der Waals surface area contributed by atoms with Crippen LogP contribution in [0.25, 0.3) is 0 Å². The van der Waals surface area contributed by atoms with E-state index in [0.29, 0.717) is 0 Å². The summed E-state index contributed by atoms with van der Waals surface area (Å²) in [5, 5.41) is 0. The minimum absolute atomic E-state index is 0.729. The number of hydrogen-bond donors (Lipinski definition) is 1. The molecule has 2 fully saturated rings. The lowest BCUT2D eigenvalue weighted by molar-refractivity contribution is 0.113. The summed E-state index contributed by atoms with van der Waals surface area (Å²) in [4.78, 5) is 2.77. The van der Waals surface area contributed by atoms with Gasteiger partial charge in [-0.15, -0.1) is 0 Å². The van der Waals surface area contributed by atoms with Crippen molar-refractivity contribution >= 4 is 5.69 Å². The van der Waals surface area contributed by atoms with Crippen LogP contribution in [0.2, 0.25) is 0 Å². The summed E-state index contributed by atoms with van der Waals surface area (Å²) in [6, 6.07) is 9.41. The lowest BCUT2D eigenvalue weighted by atomic mass is 9.78. The van der Waals surface area contributed by atoms with E-state index in [1.165, 1.54) is 63.6 Å². The molecule has 2 atom stereocenters. The Morgan fingerprint density at radius 3 is 2.26 bits per heavy atom. The van der Waals surface area contributed by atoms with Crippen molar-refractivity contribution in [2.75, 3.05) is 18.8 Å². The van der Waals surface area contributed by atoms with E-state index in [4.69, 9.17) is 5.73 Å². The lowest BCUT2D eigenvalue weighted by Crippen LogP contribution is -2.44. The number of nitrogens with zero attached hydrogens (tertiary/aromatic N) is 1. The zero-order valence-corrected chi connectivity index (χ0v) is 11.9. The Hall–Kier alpha value is -1.02. The quantitative estimate of drug-likeness (QED) is 0.818. The topological polar surface area (TPSA) is 29.3 Å². The summed E-state index contributed by atoms with van der Waals surface area (Å²) in [6.07, 6.45) is 9.75. The summed E-state index contributed by atoms with van der Waals surface area (Å²) in [5.41, 5.74) is 8.21. The molecule has 2 aliphatic rings. The Bertz CT molecular complexity index is 392. The van der Waals surface area contributed by atoms with E-state index in [9.17, 15) is 0 Å². The molecule has 0 bridgehead atoms. The largest absolute Gasteiger partial charge is 0.399 e. The lowest BCUT2D eigenvalue weighted by Gasteiger charge is -2.42. The average molecular weight is 258 g/mol. The van der Waals surface area contributed by atoms with Gasteiger partial charge >= 0.3 is 0 Å². The molecule has 0 spiro atoms. The van der Waals surface area contributed by atoms with Crippen LogP contribution >= 0.6 is 0 Å². The third-order valence-corrected chi connectivity index (χ3v) is 4.95. The van der Waals surface area contributed by atoms with Crippen LogP contribution in [-0.2, 0) is 0 Å². The van der Waals surface area contributed by atoms with Crippen LogP contribution < -0.4 is 5.73 Å². The SMILES string of the molecule is Nc1ccc([C@@H]2CCCC[C@H]2N2CCCCC2)cc1. The Morgan fingerprint density at radius 1 is 0.842 bits per heavy atom. The van der Waals surface area contributed by atoms with Gasteiger partial charge in [0.05, 0.1) is 0 Å². The molecule has 2 nitrogen and oxygen atoms in total. The highest BCUT2D eigenvalue weighted by Gasteiger charge is 2.31. The molecule has 1 heterocycles. The normalized spacial score (nSPS) is 29.3. The van der Waals surface area contributed by atoms with E-state index >= 15 is 0 Å². The van der Waals surface area contributed by atoms with Gasteiger partial charge in [-0.3, -0.25) is 4.90 Å². The van der Waals surface area contributed by atoms with E-state index in [-0.39, 0.29) is 0 Å². The molecule has 3 rings (SSSR count). The van der Waals surface area contributed by atoms with Crippen LogP contribution in [0.1, 0.15) is 56.4 Å². The molecule has 1 aliphatic heterocycles. The molecular weight excluding hydrogens is 232 g/mol. The highest BCUT2D eigenvalue weighted by atomic mass is 15.2. The number of piperidine rings is 1. The Labute approximate surface area is 117 Å². The molecule has 1 aliphatic carbocycles. The third-order valence-electron chi connectivity index (χ3n) is 4.95. The third kappa shape index (κ3) is 2.94. The van der Waals surface area contributed by atoms with Crippen molar-refractivity contribution in [2.24, 2.45) is 0 Å². The molecule has 2 heteroatoms. The fraction of sp³-hybridized carbons (Fsp3) is 0.647. The smallest absolute Gasteiger partial charge is 0.0314 e. The van der Waals surface area contributed by atoms with Crippen LogP contribution in [0.4, 0.5) is 5.69 Å². The van der Waals surface area contributed by atoms with Gasteiger partial charge in [-0.05, 0) is 62.4 Å². The number of nitrogen functional groups attached to an aromatic ring is 1. The molecule has 0 unspecified atom stereocenters. The van der Waals surface area contributed by atoms with Crippen LogP contribution in [0.3, 0.4) is 0 Å². The first-order chi connectivity index (χ1) is 9.34. The molecule has 2 N–H and O–H groups in total. The summed E-state index contributed by atoms with van der Waals surface area (Å²) in [7, 11) is 0. The van der Waals surface area contributed by atoms with Crippen molar-refractivity contribution in [2.45, 2.75) is 56.9 Å². The van der Waals surface area contributed by atoms with Gasteiger partial charge in [-0.2, -0.15) is 0 Å². The number of nitrogens with two attached hydrogens (primary N) is 1. The van der Waals surface area contributed by atoms with E-state index in [1.54, 1.807) is 0 Å². The second-order valence-corrected chi connectivity index (χ2v) is 6.22. The zero-order chi connectivity index (χ0) is 13.1. The van der Waals surface area contributed by atoms with Crippen molar-refractivity contribution < 1.29 is 0 Å². The average Bonchev–Trinajstić information content (AvgIpc) is 2.49. The fourth-order valence-electron chi connectivity index (χ4n) is 3.93. The Balaban J connectivity index is 1.78. The van der Waals surface area contributed by atoms with Gasteiger partial charge in [0.1, 0.15) is 0 Å². The van der Waals surface area contributed by atoms with E-state index in [1.807, 2.05) is 0 Å². The fourth-order valence-corrected chi connectivity index (χ4v) is 3.93. The summed E-state index contributed by atoms with van der Waals surface area (Å²) < 4.78 is 0. The molecule has 0 amide bonds. The summed E-state index contributed by atoms with van der Waals surface area (Å²) in [5.74, 6) is 0.729. The van der Waals surface area contributed by atoms with Crippen LogP contribution in [0, 0.1) is 0 Å². The van der Waals surface area contributed by atoms with E-state index in [2.05, 4.69) is 29.2 Å². The van der Waals surface area contributed by atoms with Crippen LogP contribution in [-0.4, -0.2) is 24.0 Å². The van der Waals surface area contributed by atoms with Gasteiger partial charge in [-0.1, -0.05) is 31.4 Å². The maximum Gasteiger partial charge on any atom is 0.0314 e. The molecule has 1 saturated carbocycles. The van der Waals surface area contributed by atoms with Gasteiger partial charge in [0.15, 0.2) is 0 Å². The van der Waals surface area contributed by atoms with Gasteiger partial charge in [0.25, 0.3) is 0 Å². The Morgan fingerprint density at radius 2 is 1.53 bits per heavy atom. The predicted octanol–water partition coefficient (Wildman–Crippen LogP) is 3.78. The molecule has 104 valence electrons. The van der Waals surface area contributed by atoms with E-state index < -0.39 is 0 Å². The minimum Gasteiger partial charge on any atom is -0.399 e. The molecule has 1 aromatic carbocycles. The minimum atomic E-state index is 0.729. The highest BCUT2D eigenvalue weighted by molar-refractivity contribution is 5.40. The number of benzene rings is 1. The van der Waals surface area contributed by atoms with Gasteiger partial charge in [0, 0.05) is 11.7 Å². The first-order valence-electron chi connectivity index (χ1n) is 7.94. The highest BCUT2D eigenvalue weighted by Crippen LogP contribution is 2.37. The van der Waals surface area contributed by atoms with E-state index in [0.717, 1.165) is 17.6 Å². The van der Waals surface area contributed by atoms with Crippen LogP contribution in [0.5, 0.6) is 0 Å². The first kappa shape index (κ1) is 13.0. The summed E-state index contributed by atoms with van der Waals surface area (Å²) in [6.45, 7) is 2.63. The Kier molecular flexibility index (Phi) is 4.07. The number of hydrogen-bond acceptors (Lipinski definition) is 2. The number of likely N-dealkylation sites (tertiary alicyclic amines) is 1. The second-order valence-electron chi connectivity index (χ2n) is 6.22. The van der Waals surface area contributed by atoms with Crippen molar-refractivity contribution in [3.05, 3.63) is 29.8 Å². The molecule has 19 heavy (non-hydrogen) atoms. The summed E-state index contributed by atoms with van der Waals surface area (Å²) >= 11 is 0. The van der Waals surface area contributed by atoms with Crippen molar-refractivity contribution in [1.29, 1.82) is 0 Å². The van der Waals surface area contributed by atoms with Crippen molar-refractivity contribution in [1.82, 2.24) is 4.90 Å². The molecule has 0 aromatic heterocycles. The second kappa shape index (κ2) is 5.96. The predicted molar refractivity (Wildman–Crippen MR) is 81.3 cm³/mol. The molecular formula is C17H26N2. The van der Waals surface area contributed by atoms with Crippen molar-refractivity contribution in [3.8, 4) is 0 Å². The van der Waals surface area contributed by atoms with Crippen LogP contribution in [0.15, 0.2) is 24.3 Å². The maximum atomic E-state index is 5.82. The van der Waals surface area contributed by atoms with Gasteiger partial charge in [-0.25, -0.2) is 0 Å². The molecule has 1 saturated heterocycles. The van der Waals surface area contributed by atoms with Gasteiger partial charge in [0.2, 0.25) is 0 Å². The van der Waals surface area contributed by atoms with Crippen molar-refractivity contribution in [3.63, 3.8) is 0 Å².